The summed E-state index contributed by atoms with van der Waals surface area (Å²) in [7, 11) is -3.99. The van der Waals surface area contributed by atoms with Crippen molar-refractivity contribution >= 4 is 26.7 Å². The van der Waals surface area contributed by atoms with Crippen LogP contribution < -0.4 is 5.56 Å². The third-order valence-corrected chi connectivity index (χ3v) is 7.90. The summed E-state index contributed by atoms with van der Waals surface area (Å²) in [6, 6.07) is 11.4. The summed E-state index contributed by atoms with van der Waals surface area (Å²) in [5.74, 6) is -0.151. The minimum absolute atomic E-state index is 0.0290. The van der Waals surface area contributed by atoms with Crippen LogP contribution in [0.1, 0.15) is 34.0 Å². The van der Waals surface area contributed by atoms with E-state index in [4.69, 9.17) is 9.47 Å². The monoisotopic (exact) mass is 484 g/mol. The minimum Gasteiger partial charge on any atom is -0.376 e. The molecule has 0 saturated carbocycles. The van der Waals surface area contributed by atoms with E-state index in [0.29, 0.717) is 29.9 Å². The lowest BCUT2D eigenvalue weighted by molar-refractivity contribution is -0.0923. The third kappa shape index (κ3) is 5.12. The van der Waals surface area contributed by atoms with Crippen molar-refractivity contribution in [1.29, 1.82) is 0 Å². The smallest absolute Gasteiger partial charge is 0.252 e. The van der Waals surface area contributed by atoms with Crippen molar-refractivity contribution in [3.8, 4) is 0 Å². The summed E-state index contributed by atoms with van der Waals surface area (Å²) in [5.41, 5.74) is 3.25. The van der Waals surface area contributed by atoms with E-state index >= 15 is 0 Å². The Morgan fingerprint density at radius 1 is 1.09 bits per heavy atom. The Kier molecular flexibility index (Phi) is 6.99. The topological polar surface area (TPSA) is 106 Å². The van der Waals surface area contributed by atoms with Crippen LogP contribution in [0.3, 0.4) is 0 Å². The summed E-state index contributed by atoms with van der Waals surface area (Å²) < 4.78 is 39.6. The number of pyridine rings is 1. The van der Waals surface area contributed by atoms with Crippen molar-refractivity contribution in [2.75, 3.05) is 26.4 Å². The first kappa shape index (κ1) is 24.3. The number of hydrogen-bond donors (Lipinski definition) is 1. The molecule has 9 heteroatoms. The maximum absolute atomic E-state index is 13.6. The molecule has 0 bridgehead atoms. The van der Waals surface area contributed by atoms with Gasteiger partial charge in [0.1, 0.15) is 0 Å². The second-order valence-corrected chi connectivity index (χ2v) is 10.5. The van der Waals surface area contributed by atoms with Crippen LogP contribution in [-0.4, -0.2) is 56.0 Å². The molecule has 0 radical (unpaired) electrons. The molecule has 4 rings (SSSR count). The zero-order valence-electron chi connectivity index (χ0n) is 19.5. The summed E-state index contributed by atoms with van der Waals surface area (Å²) in [6.45, 7) is 6.38. The molecule has 0 aliphatic carbocycles. The quantitative estimate of drug-likeness (QED) is 0.517. The Labute approximate surface area is 198 Å². The van der Waals surface area contributed by atoms with Gasteiger partial charge in [0.15, 0.2) is 5.78 Å². The Hall–Kier alpha value is -2.85. The fourth-order valence-corrected chi connectivity index (χ4v) is 5.41. The van der Waals surface area contributed by atoms with Crippen molar-refractivity contribution in [1.82, 2.24) is 9.29 Å². The van der Waals surface area contributed by atoms with E-state index in [1.54, 1.807) is 6.07 Å². The molecular weight excluding hydrogens is 456 g/mol. The lowest BCUT2D eigenvalue weighted by Crippen LogP contribution is -2.43. The molecule has 1 unspecified atom stereocenters. The van der Waals surface area contributed by atoms with Gasteiger partial charge in [-0.1, -0.05) is 12.1 Å². The van der Waals surface area contributed by atoms with Crippen LogP contribution in [0.5, 0.6) is 0 Å². The number of ketones is 1. The highest BCUT2D eigenvalue weighted by Crippen LogP contribution is 2.22. The molecule has 2 heterocycles. The van der Waals surface area contributed by atoms with Gasteiger partial charge in [0, 0.05) is 29.7 Å². The average molecular weight is 485 g/mol. The fourth-order valence-electron chi connectivity index (χ4n) is 3.96. The number of H-pyrrole nitrogens is 1. The van der Waals surface area contributed by atoms with Crippen molar-refractivity contribution in [3.05, 3.63) is 75.1 Å². The molecule has 8 nitrogen and oxygen atoms in total. The standard InChI is InChI=1S/C25H28N2O6S/c1-16-10-20-12-21(25(29)26-24(20)11-17(16)2)13-27(14-22-15-32-8-9-33-22)34(30,31)23-6-4-19(5-7-23)18(3)28/h4-7,10-12,22H,8-9,13-15H2,1-3H3,(H,26,29). The highest BCUT2D eigenvalue weighted by molar-refractivity contribution is 7.89. The maximum atomic E-state index is 13.6. The molecule has 34 heavy (non-hydrogen) atoms. The number of rotatable bonds is 7. The number of nitrogens with one attached hydrogen (secondary N) is 1. The molecular formula is C25H28N2O6S. The van der Waals surface area contributed by atoms with E-state index < -0.39 is 16.1 Å². The normalized spacial score (nSPS) is 16.8. The van der Waals surface area contributed by atoms with Gasteiger partial charge in [-0.05, 0) is 67.6 Å². The molecule has 180 valence electrons. The largest absolute Gasteiger partial charge is 0.376 e. The molecule has 1 saturated heterocycles. The first-order chi connectivity index (χ1) is 16.1. The lowest BCUT2D eigenvalue weighted by Gasteiger charge is -2.29. The zero-order chi connectivity index (χ0) is 24.5. The highest BCUT2D eigenvalue weighted by Gasteiger charge is 2.30. The zero-order valence-corrected chi connectivity index (χ0v) is 20.3. The van der Waals surface area contributed by atoms with Crippen molar-refractivity contribution < 1.29 is 22.7 Å². The Morgan fingerprint density at radius 2 is 1.79 bits per heavy atom. The average Bonchev–Trinajstić information content (AvgIpc) is 2.81. The number of hydrogen-bond acceptors (Lipinski definition) is 6. The van der Waals surface area contributed by atoms with Gasteiger partial charge in [0.25, 0.3) is 5.56 Å². The van der Waals surface area contributed by atoms with Gasteiger partial charge in [-0.2, -0.15) is 4.31 Å². The van der Waals surface area contributed by atoms with Gasteiger partial charge in [-0.3, -0.25) is 9.59 Å². The second kappa shape index (κ2) is 9.79. The summed E-state index contributed by atoms with van der Waals surface area (Å²) in [4.78, 5) is 27.4. The molecule has 1 aromatic heterocycles. The van der Waals surface area contributed by atoms with Crippen LogP contribution in [0.2, 0.25) is 0 Å². The fraction of sp³-hybridized carbons (Fsp3) is 0.360. The maximum Gasteiger partial charge on any atom is 0.252 e. The number of benzene rings is 2. The van der Waals surface area contributed by atoms with Gasteiger partial charge in [-0.15, -0.1) is 0 Å². The number of aryl methyl sites for hydroxylation is 2. The van der Waals surface area contributed by atoms with Gasteiger partial charge in [-0.25, -0.2) is 8.42 Å². The Balaban J connectivity index is 1.72. The molecule has 1 atom stereocenters. The highest BCUT2D eigenvalue weighted by atomic mass is 32.2. The Bertz CT molecular complexity index is 1370. The molecule has 0 amide bonds. The predicted molar refractivity (Wildman–Crippen MR) is 129 cm³/mol. The van der Waals surface area contributed by atoms with Crippen LogP contribution in [0.15, 0.2) is 52.2 Å². The van der Waals surface area contributed by atoms with Crippen LogP contribution in [-0.2, 0) is 26.0 Å². The number of fused-ring (bicyclic) bond motifs is 1. The molecule has 3 aromatic rings. The first-order valence-electron chi connectivity index (χ1n) is 11.1. The molecule has 1 aliphatic rings. The van der Waals surface area contributed by atoms with Crippen LogP contribution in [0.4, 0.5) is 0 Å². The van der Waals surface area contributed by atoms with Gasteiger partial charge in [0.2, 0.25) is 10.0 Å². The van der Waals surface area contributed by atoms with Gasteiger partial charge < -0.3 is 14.5 Å². The van der Waals surface area contributed by atoms with Crippen LogP contribution in [0.25, 0.3) is 10.9 Å². The number of sulfonamides is 1. The van der Waals surface area contributed by atoms with Crippen LogP contribution >= 0.6 is 0 Å². The van der Waals surface area contributed by atoms with Crippen molar-refractivity contribution in [3.63, 3.8) is 0 Å². The number of ether oxygens (including phenoxy) is 2. The Morgan fingerprint density at radius 3 is 2.44 bits per heavy atom. The second-order valence-electron chi connectivity index (χ2n) is 8.59. The van der Waals surface area contributed by atoms with Gasteiger partial charge in [0.05, 0.1) is 30.8 Å². The third-order valence-electron chi connectivity index (χ3n) is 6.07. The predicted octanol–water partition coefficient (Wildman–Crippen LogP) is 2.95. The molecule has 1 fully saturated rings. The summed E-state index contributed by atoms with van der Waals surface area (Å²) in [6.07, 6.45) is -0.454. The number of aromatic amines is 1. The summed E-state index contributed by atoms with van der Waals surface area (Å²) >= 11 is 0. The van der Waals surface area contributed by atoms with E-state index in [2.05, 4.69) is 4.98 Å². The number of Topliss-reactive ketones (excluding diaryl/α,β-unsaturated/α-hetero) is 1. The lowest BCUT2D eigenvalue weighted by atomic mass is 10.0. The molecule has 2 aromatic carbocycles. The van der Waals surface area contributed by atoms with Gasteiger partial charge >= 0.3 is 0 Å². The number of nitrogens with zero attached hydrogens (tertiary/aromatic N) is 1. The van der Waals surface area contributed by atoms with Crippen molar-refractivity contribution in [2.24, 2.45) is 0 Å². The minimum atomic E-state index is -3.99. The van der Waals surface area contributed by atoms with Crippen LogP contribution in [0, 0.1) is 13.8 Å². The summed E-state index contributed by atoms with van der Waals surface area (Å²) in [5, 5.41) is 0.832. The van der Waals surface area contributed by atoms with E-state index in [-0.39, 0.29) is 35.9 Å². The van der Waals surface area contributed by atoms with E-state index in [0.717, 1.165) is 16.5 Å². The number of aromatic nitrogens is 1. The SMILES string of the molecule is CC(=O)c1ccc(S(=O)(=O)N(Cc2cc3cc(C)c(C)cc3[nH]c2=O)CC2COCCO2)cc1. The van der Waals surface area contributed by atoms with E-state index in [1.807, 2.05) is 26.0 Å². The molecule has 0 spiro atoms. The number of carbonyl (C=O) groups excluding carboxylic acids is 1. The van der Waals surface area contributed by atoms with E-state index in [1.165, 1.54) is 35.5 Å². The first-order valence-corrected chi connectivity index (χ1v) is 12.5. The molecule has 1 N–H and O–H groups in total. The van der Waals surface area contributed by atoms with E-state index in [9.17, 15) is 18.0 Å². The van der Waals surface area contributed by atoms with Crippen molar-refractivity contribution in [2.45, 2.75) is 38.3 Å². The molecule has 1 aliphatic heterocycles. The number of carbonyl (C=O) groups is 1.